The molecule has 0 aliphatic rings. The van der Waals surface area contributed by atoms with Gasteiger partial charge in [0.05, 0.1) is 0 Å². The minimum Gasteiger partial charge on any atom is -1.00 e. The second-order valence-electron chi connectivity index (χ2n) is 6.13. The van der Waals surface area contributed by atoms with E-state index < -0.39 is 22.1 Å². The molecule has 0 saturated carbocycles. The molecule has 0 bridgehead atoms. The Morgan fingerprint density at radius 2 is 0.952 bits per heavy atom. The Labute approximate surface area is 132 Å². The van der Waals surface area contributed by atoms with Gasteiger partial charge < -0.3 is 4.70 Å². The lowest BCUT2D eigenvalue weighted by molar-refractivity contribution is -0.00000778. The van der Waals surface area contributed by atoms with Crippen molar-refractivity contribution in [3.63, 3.8) is 0 Å². The van der Waals surface area contributed by atoms with Crippen LogP contribution in [0.5, 0.6) is 0 Å². The topological polar surface area (TPSA) is 3.24 Å². The summed E-state index contributed by atoms with van der Waals surface area (Å²) in [6, 6.07) is 0. The molecule has 130 valence electrons. The van der Waals surface area contributed by atoms with Gasteiger partial charge in [0, 0.05) is 30.7 Å². The second-order valence-corrected chi connectivity index (χ2v) is 12.4. The standard InChI is InChI=1S/C11H33B2NP2.BF3.FH/c1-10(2,3)15(8,12)14(7)16(9,13)11(4,5)6;2-1(3)4;/h1-9,12-13H3;;1H/p-1. The Bertz CT molecular complexity index is 276. The van der Waals surface area contributed by atoms with Crippen LogP contribution < -0.4 is 4.70 Å². The van der Waals surface area contributed by atoms with Gasteiger partial charge >= 0.3 is 7.54 Å². The van der Waals surface area contributed by atoms with E-state index >= 15 is 0 Å². The molecular formula is C11H33B3F4NP2-. The minimum atomic E-state index is -3.67. The third-order valence-corrected chi connectivity index (χ3v) is 10.0. The van der Waals surface area contributed by atoms with Crippen LogP contribution in [0.4, 0.5) is 12.9 Å². The largest absolute Gasteiger partial charge is 1.00 e. The molecule has 0 heterocycles. The number of nitrogens with zero attached hydrogens (tertiary/aromatic N) is 1. The first-order chi connectivity index (χ1) is 8.39. The zero-order valence-corrected chi connectivity index (χ0v) is 15.2. The van der Waals surface area contributed by atoms with Gasteiger partial charge in [0.2, 0.25) is 0 Å². The molecule has 0 fully saturated rings. The Morgan fingerprint density at radius 1 is 0.810 bits per heavy atom. The van der Waals surface area contributed by atoms with Crippen LogP contribution >= 0.6 is 14.6 Å². The van der Waals surface area contributed by atoms with Crippen molar-refractivity contribution in [2.24, 2.45) is 0 Å². The predicted molar refractivity (Wildman–Crippen MR) is 102 cm³/mol. The first kappa shape index (κ1) is 26.6. The molecule has 0 amide bonds. The van der Waals surface area contributed by atoms with Crippen molar-refractivity contribution in [1.29, 1.82) is 0 Å². The number of halogens is 4. The van der Waals surface area contributed by atoms with Gasteiger partial charge in [-0.05, 0) is 41.5 Å². The third kappa shape index (κ3) is 7.70. The highest BCUT2D eigenvalue weighted by molar-refractivity contribution is 8.08. The monoisotopic (exact) mass is 350 g/mol. The zero-order chi connectivity index (χ0) is 17.2. The predicted octanol–water partition coefficient (Wildman–Crippen LogP) is 0.0846. The maximum Gasteiger partial charge on any atom is 0.762 e. The summed E-state index contributed by atoms with van der Waals surface area (Å²) in [5.74, 6) is 0. The molecule has 0 aliphatic carbocycles. The molecule has 0 radical (unpaired) electrons. The molecule has 0 aliphatic heterocycles. The summed E-state index contributed by atoms with van der Waals surface area (Å²) in [5.41, 5.74) is 0. The smallest absolute Gasteiger partial charge is 0.762 e. The quantitative estimate of drug-likeness (QED) is 0.388. The average molecular weight is 350 g/mol. The van der Waals surface area contributed by atoms with Gasteiger partial charge in [0.1, 0.15) is 15.1 Å². The number of hydrogen-bond donors (Lipinski definition) is 0. The lowest BCUT2D eigenvalue weighted by Gasteiger charge is -2.54. The van der Waals surface area contributed by atoms with Crippen molar-refractivity contribution < 1.29 is 17.7 Å². The molecule has 0 spiro atoms. The lowest BCUT2D eigenvalue weighted by Crippen LogP contribution is -3.00. The first-order valence-electron chi connectivity index (χ1n) is 5.84. The average Bonchev–Trinajstić information content (AvgIpc) is 2.11. The molecule has 21 heavy (non-hydrogen) atoms. The SMILES string of the molecule is FB(F)F.[BH3-][P+](C)(N(C)[P+]([BH3-])(C)C(C)(C)C)C(C)(C)C.[F-]. The van der Waals surface area contributed by atoms with Gasteiger partial charge in [0.25, 0.3) is 0 Å². The van der Waals surface area contributed by atoms with Crippen LogP contribution in [0.1, 0.15) is 41.5 Å². The van der Waals surface area contributed by atoms with E-state index in [-0.39, 0.29) is 4.70 Å². The highest BCUT2D eigenvalue weighted by Gasteiger charge is 2.49. The molecule has 0 N–H and O–H groups in total. The molecule has 0 aromatic rings. The highest BCUT2D eigenvalue weighted by Crippen LogP contribution is 2.79. The normalized spacial score (nSPS) is 17.9. The Kier molecular flexibility index (Phi) is 10.8. The Hall–Kier alpha value is 0.735. The van der Waals surface area contributed by atoms with Gasteiger partial charge in [0.15, 0.2) is 0 Å². The van der Waals surface area contributed by atoms with Gasteiger partial charge in [-0.1, -0.05) is 14.6 Å². The lowest BCUT2D eigenvalue weighted by atomic mass is 10.3. The fourth-order valence-corrected chi connectivity index (χ4v) is 6.03. The van der Waals surface area contributed by atoms with Gasteiger partial charge in [-0.15, -0.1) is 0 Å². The number of rotatable bonds is 2. The highest BCUT2D eigenvalue weighted by atomic mass is 31.2. The summed E-state index contributed by atoms with van der Waals surface area (Å²) in [6.45, 7) is 20.2. The van der Waals surface area contributed by atoms with E-state index in [0.29, 0.717) is 25.4 Å². The van der Waals surface area contributed by atoms with E-state index in [1.165, 1.54) is 0 Å². The van der Waals surface area contributed by atoms with Gasteiger partial charge in [-0.3, -0.25) is 12.9 Å². The summed E-state index contributed by atoms with van der Waals surface area (Å²) in [6.07, 6.45) is 0. The minimum absolute atomic E-state index is 0. The van der Waals surface area contributed by atoms with Crippen LogP contribution in [-0.4, -0.2) is 57.8 Å². The van der Waals surface area contributed by atoms with Gasteiger partial charge in [-0.25, -0.2) is 0 Å². The Morgan fingerprint density at radius 3 is 1.05 bits per heavy atom. The van der Waals surface area contributed by atoms with Crippen LogP contribution in [-0.2, 0) is 0 Å². The molecule has 1 nitrogen and oxygen atoms in total. The van der Waals surface area contributed by atoms with E-state index in [1.54, 1.807) is 0 Å². The Balaban J connectivity index is -0.000000572. The van der Waals surface area contributed by atoms with E-state index in [0.717, 1.165) is 0 Å². The summed E-state index contributed by atoms with van der Waals surface area (Å²) in [7, 11) is -1.81. The van der Waals surface area contributed by atoms with E-state index in [1.807, 2.05) is 0 Å². The van der Waals surface area contributed by atoms with E-state index in [4.69, 9.17) is 0 Å². The van der Waals surface area contributed by atoms with Crippen molar-refractivity contribution >= 4 is 37.3 Å². The molecule has 2 unspecified atom stereocenters. The molecular weight excluding hydrogens is 317 g/mol. The fraction of sp³-hybridized carbons (Fsp3) is 1.00. The van der Waals surface area contributed by atoms with Crippen LogP contribution in [0.25, 0.3) is 0 Å². The maximum atomic E-state index is 9.67. The summed E-state index contributed by atoms with van der Waals surface area (Å²) < 4.78 is 32.0. The molecule has 0 aromatic carbocycles. The van der Waals surface area contributed by atoms with E-state index in [9.17, 15) is 12.9 Å². The van der Waals surface area contributed by atoms with Gasteiger partial charge in [-0.2, -0.15) is 4.44 Å². The van der Waals surface area contributed by atoms with Crippen molar-refractivity contribution in [3.8, 4) is 0 Å². The molecule has 10 heteroatoms. The van der Waals surface area contributed by atoms with Crippen molar-refractivity contribution in [2.75, 3.05) is 20.4 Å². The second kappa shape index (κ2) is 8.55. The van der Waals surface area contributed by atoms with E-state index in [2.05, 4.69) is 66.4 Å². The maximum absolute atomic E-state index is 9.67. The summed E-state index contributed by atoms with van der Waals surface area (Å²) >= 11 is 0. The van der Waals surface area contributed by atoms with Crippen molar-refractivity contribution in [2.45, 2.75) is 51.9 Å². The fourth-order valence-electron chi connectivity index (χ4n) is 1.07. The van der Waals surface area contributed by atoms with Crippen LogP contribution in [0.2, 0.25) is 0 Å². The van der Waals surface area contributed by atoms with Crippen molar-refractivity contribution in [3.05, 3.63) is 0 Å². The summed E-state index contributed by atoms with van der Waals surface area (Å²) in [4.78, 5) is 0. The van der Waals surface area contributed by atoms with Crippen molar-refractivity contribution in [1.82, 2.24) is 4.44 Å². The molecule has 0 saturated heterocycles. The van der Waals surface area contributed by atoms with Crippen LogP contribution in [0, 0.1) is 0 Å². The number of hydrogen-bond acceptors (Lipinski definition) is 1. The molecule has 0 rings (SSSR count). The first-order valence-corrected chi connectivity index (χ1v) is 9.33. The molecule has 2 atom stereocenters. The molecule has 0 aromatic heterocycles. The zero-order valence-electron chi connectivity index (χ0n) is 13.4. The van der Waals surface area contributed by atoms with Crippen LogP contribution in [0.15, 0.2) is 0 Å². The third-order valence-electron chi connectivity index (χ3n) is 2.81. The van der Waals surface area contributed by atoms with Crippen LogP contribution in [0.3, 0.4) is 0 Å². The summed E-state index contributed by atoms with van der Waals surface area (Å²) in [5, 5.41) is 1.12.